The highest BCUT2D eigenvalue weighted by Gasteiger charge is 2.37. The van der Waals surface area contributed by atoms with Crippen molar-refractivity contribution < 1.29 is 9.35 Å². The van der Waals surface area contributed by atoms with Gasteiger partial charge in [-0.25, -0.2) is 0 Å². The molecule has 34 heavy (non-hydrogen) atoms. The lowest BCUT2D eigenvalue weighted by Gasteiger charge is -2.36. The number of pyridine rings is 2. The van der Waals surface area contributed by atoms with Gasteiger partial charge in [-0.1, -0.05) is 32.9 Å². The SMILES string of the molecule is CC(C)(C)[Si](C)(C)OCc1ccc(-n2c(-c3cccnc3[N+](=O)[O-])cc3ncc(Br)cc32)cc1. The summed E-state index contributed by atoms with van der Waals surface area (Å²) in [7, 11) is -1.86. The van der Waals surface area contributed by atoms with Crippen molar-refractivity contribution in [3.05, 3.63) is 81.1 Å². The molecule has 1 aromatic carbocycles. The van der Waals surface area contributed by atoms with Crippen LogP contribution in [0.2, 0.25) is 18.1 Å². The number of aromatic nitrogens is 3. The zero-order chi connectivity index (χ0) is 24.7. The third kappa shape index (κ3) is 4.68. The topological polar surface area (TPSA) is 83.1 Å². The van der Waals surface area contributed by atoms with Crippen LogP contribution in [-0.4, -0.2) is 27.8 Å². The van der Waals surface area contributed by atoms with E-state index in [2.05, 4.69) is 59.8 Å². The monoisotopic (exact) mass is 538 g/mol. The van der Waals surface area contributed by atoms with Gasteiger partial charge in [0, 0.05) is 16.4 Å². The van der Waals surface area contributed by atoms with Crippen molar-refractivity contribution in [2.75, 3.05) is 0 Å². The fourth-order valence-electron chi connectivity index (χ4n) is 3.49. The third-order valence-electron chi connectivity index (χ3n) is 6.46. The van der Waals surface area contributed by atoms with E-state index in [4.69, 9.17) is 4.43 Å². The molecule has 0 unspecified atom stereocenters. The lowest BCUT2D eigenvalue weighted by Crippen LogP contribution is -2.40. The van der Waals surface area contributed by atoms with Gasteiger partial charge in [0.25, 0.3) is 0 Å². The first-order valence-corrected chi connectivity index (χ1v) is 14.7. The van der Waals surface area contributed by atoms with Gasteiger partial charge in [-0.3, -0.25) is 4.98 Å². The summed E-state index contributed by atoms with van der Waals surface area (Å²) in [4.78, 5) is 19.7. The van der Waals surface area contributed by atoms with Crippen molar-refractivity contribution in [1.29, 1.82) is 0 Å². The predicted molar refractivity (Wildman–Crippen MR) is 141 cm³/mol. The Bertz CT molecular complexity index is 1360. The van der Waals surface area contributed by atoms with Gasteiger partial charge in [0.15, 0.2) is 8.32 Å². The molecule has 0 radical (unpaired) electrons. The Hall–Kier alpha value is -2.88. The first-order valence-electron chi connectivity index (χ1n) is 11.0. The lowest BCUT2D eigenvalue weighted by molar-refractivity contribution is -0.388. The minimum atomic E-state index is -1.86. The van der Waals surface area contributed by atoms with Crippen molar-refractivity contribution in [3.63, 3.8) is 0 Å². The minimum absolute atomic E-state index is 0.144. The molecule has 0 amide bonds. The molecule has 0 N–H and O–H groups in total. The highest BCUT2D eigenvalue weighted by atomic mass is 79.9. The number of fused-ring (bicyclic) bond motifs is 1. The number of benzene rings is 1. The lowest BCUT2D eigenvalue weighted by atomic mass is 10.1. The fraction of sp³-hybridized carbons (Fsp3) is 0.280. The molecule has 0 aliphatic rings. The Morgan fingerprint density at radius 2 is 1.82 bits per heavy atom. The van der Waals surface area contributed by atoms with Crippen LogP contribution in [0.1, 0.15) is 26.3 Å². The van der Waals surface area contributed by atoms with E-state index < -0.39 is 13.2 Å². The molecule has 3 aromatic heterocycles. The molecular formula is C25H27BrN4O3Si. The zero-order valence-corrected chi connectivity index (χ0v) is 22.5. The largest absolute Gasteiger partial charge is 0.413 e. The van der Waals surface area contributed by atoms with E-state index in [1.54, 1.807) is 18.3 Å². The number of hydrogen-bond donors (Lipinski definition) is 0. The quantitative estimate of drug-likeness (QED) is 0.146. The first-order chi connectivity index (χ1) is 16.0. The molecule has 0 saturated heterocycles. The average Bonchev–Trinajstić information content (AvgIpc) is 3.15. The van der Waals surface area contributed by atoms with Gasteiger partial charge in [-0.2, -0.15) is 0 Å². The van der Waals surface area contributed by atoms with Gasteiger partial charge < -0.3 is 19.1 Å². The van der Waals surface area contributed by atoms with E-state index in [1.807, 2.05) is 41.0 Å². The van der Waals surface area contributed by atoms with E-state index in [1.165, 1.54) is 6.20 Å². The second-order valence-electron chi connectivity index (χ2n) is 9.77. The molecule has 3 heterocycles. The normalized spacial score (nSPS) is 12.3. The molecule has 0 fully saturated rings. The van der Waals surface area contributed by atoms with E-state index >= 15 is 0 Å². The Labute approximate surface area is 208 Å². The van der Waals surface area contributed by atoms with Crippen LogP contribution in [-0.2, 0) is 11.0 Å². The smallest absolute Gasteiger partial charge is 0.372 e. The van der Waals surface area contributed by atoms with Gasteiger partial charge in [0.05, 0.1) is 28.9 Å². The van der Waals surface area contributed by atoms with Gasteiger partial charge >= 0.3 is 5.82 Å². The van der Waals surface area contributed by atoms with Crippen LogP contribution in [0.4, 0.5) is 5.82 Å². The number of hydrogen-bond acceptors (Lipinski definition) is 5. The van der Waals surface area contributed by atoms with E-state index in [0.29, 0.717) is 17.9 Å². The predicted octanol–water partition coefficient (Wildman–Crippen LogP) is 7.28. The first kappa shape index (κ1) is 24.2. The van der Waals surface area contributed by atoms with Crippen LogP contribution in [0.3, 0.4) is 0 Å². The average molecular weight is 540 g/mol. The van der Waals surface area contributed by atoms with E-state index in [-0.39, 0.29) is 10.9 Å². The summed E-state index contributed by atoms with van der Waals surface area (Å²) >= 11 is 3.50. The number of nitrogens with zero attached hydrogens (tertiary/aromatic N) is 4. The molecule has 0 aliphatic heterocycles. The van der Waals surface area contributed by atoms with E-state index in [0.717, 1.165) is 26.8 Å². The summed E-state index contributed by atoms with van der Waals surface area (Å²) in [6.45, 7) is 11.7. The molecule has 0 aliphatic carbocycles. The van der Waals surface area contributed by atoms with Crippen molar-refractivity contribution in [2.24, 2.45) is 0 Å². The zero-order valence-electron chi connectivity index (χ0n) is 19.9. The van der Waals surface area contributed by atoms with Crippen LogP contribution >= 0.6 is 15.9 Å². The van der Waals surface area contributed by atoms with Gasteiger partial charge in [-0.15, -0.1) is 0 Å². The number of halogens is 1. The summed E-state index contributed by atoms with van der Waals surface area (Å²) in [5, 5.41) is 11.8. The molecule has 0 saturated carbocycles. The maximum absolute atomic E-state index is 11.7. The van der Waals surface area contributed by atoms with Gasteiger partial charge in [0.1, 0.15) is 6.20 Å². The fourth-order valence-corrected chi connectivity index (χ4v) is 4.77. The molecule has 176 valence electrons. The van der Waals surface area contributed by atoms with Crippen LogP contribution in [0, 0.1) is 10.1 Å². The summed E-state index contributed by atoms with van der Waals surface area (Å²) in [6, 6.07) is 15.3. The second kappa shape index (κ2) is 9.05. The van der Waals surface area contributed by atoms with Gasteiger partial charge in [0.2, 0.25) is 0 Å². The maximum atomic E-state index is 11.7. The molecule has 9 heteroatoms. The van der Waals surface area contributed by atoms with Crippen LogP contribution in [0.25, 0.3) is 28.0 Å². The van der Waals surface area contributed by atoms with Gasteiger partial charge in [-0.05, 0) is 85.9 Å². The summed E-state index contributed by atoms with van der Waals surface area (Å²) in [5.41, 5.74) is 4.63. The Kier molecular flexibility index (Phi) is 6.45. The minimum Gasteiger partial charge on any atom is -0.413 e. The second-order valence-corrected chi connectivity index (χ2v) is 15.5. The molecule has 0 spiro atoms. The molecule has 0 atom stereocenters. The molecule has 4 rings (SSSR count). The third-order valence-corrected chi connectivity index (χ3v) is 11.4. The number of nitro groups is 1. The van der Waals surface area contributed by atoms with Crippen LogP contribution in [0.5, 0.6) is 0 Å². The Balaban J connectivity index is 1.78. The van der Waals surface area contributed by atoms with Crippen molar-refractivity contribution in [1.82, 2.24) is 14.5 Å². The van der Waals surface area contributed by atoms with Crippen molar-refractivity contribution >= 4 is 41.1 Å². The Morgan fingerprint density at radius 1 is 1.12 bits per heavy atom. The van der Waals surface area contributed by atoms with E-state index in [9.17, 15) is 10.1 Å². The highest BCUT2D eigenvalue weighted by molar-refractivity contribution is 9.10. The van der Waals surface area contributed by atoms with Crippen LogP contribution < -0.4 is 0 Å². The standard InChI is InChI=1S/C25H27BrN4O3Si/c1-25(2,3)34(4,5)33-16-17-8-10-19(11-9-17)29-22(14-21-23(29)13-18(26)15-28-21)20-7-6-12-27-24(20)30(31)32/h6-15H,16H2,1-5H3. The van der Waals surface area contributed by atoms with Crippen molar-refractivity contribution in [2.45, 2.75) is 45.5 Å². The summed E-state index contributed by atoms with van der Waals surface area (Å²) in [6.07, 6.45) is 3.15. The molecule has 0 bridgehead atoms. The highest BCUT2D eigenvalue weighted by Crippen LogP contribution is 2.38. The summed E-state index contributed by atoms with van der Waals surface area (Å²) < 4.78 is 9.17. The molecular weight excluding hydrogens is 512 g/mol. The van der Waals surface area contributed by atoms with Crippen LogP contribution in [0.15, 0.2) is 65.4 Å². The molecule has 4 aromatic rings. The Morgan fingerprint density at radius 3 is 2.47 bits per heavy atom. The van der Waals surface area contributed by atoms with Crippen molar-refractivity contribution in [3.8, 4) is 16.9 Å². The summed E-state index contributed by atoms with van der Waals surface area (Å²) in [5.74, 6) is -0.190. The number of rotatable bonds is 6. The molecule has 7 nitrogen and oxygen atoms in total. The maximum Gasteiger partial charge on any atom is 0.372 e.